The lowest BCUT2D eigenvalue weighted by Gasteiger charge is -2.26. The molecule has 1 aromatic heterocycles. The summed E-state index contributed by atoms with van der Waals surface area (Å²) in [4.78, 5) is 28.0. The van der Waals surface area contributed by atoms with E-state index in [2.05, 4.69) is 20.4 Å². The third-order valence-corrected chi connectivity index (χ3v) is 5.73. The van der Waals surface area contributed by atoms with E-state index in [1.54, 1.807) is 18.2 Å². The number of aromatic amines is 1. The van der Waals surface area contributed by atoms with Crippen molar-refractivity contribution in [1.29, 1.82) is 0 Å². The summed E-state index contributed by atoms with van der Waals surface area (Å²) in [6.07, 6.45) is 0. The number of carbonyl (C=O) groups excluding carboxylic acids is 2. The molecular formula is C25H30N4O4. The van der Waals surface area contributed by atoms with Crippen molar-refractivity contribution in [2.75, 3.05) is 44.8 Å². The number of ether oxygens (including phenoxy) is 2. The highest BCUT2D eigenvalue weighted by Crippen LogP contribution is 2.29. The van der Waals surface area contributed by atoms with E-state index in [9.17, 15) is 9.59 Å². The zero-order chi connectivity index (χ0) is 23.4. The smallest absolute Gasteiger partial charge is 0.297 e. The molecule has 1 aliphatic heterocycles. The van der Waals surface area contributed by atoms with Gasteiger partial charge in [-0.25, -0.2) is 0 Å². The second-order valence-electron chi connectivity index (χ2n) is 9.16. The number of hydrogen-bond donors (Lipinski definition) is 2. The summed E-state index contributed by atoms with van der Waals surface area (Å²) in [5.74, 6) is -0.331. The summed E-state index contributed by atoms with van der Waals surface area (Å²) in [7, 11) is 0. The lowest BCUT2D eigenvalue weighted by atomic mass is 9.92. The lowest BCUT2D eigenvalue weighted by Crippen LogP contribution is -2.38. The van der Waals surface area contributed by atoms with Gasteiger partial charge in [-0.05, 0) is 17.5 Å². The molecule has 8 heteroatoms. The van der Waals surface area contributed by atoms with E-state index in [0.29, 0.717) is 29.1 Å². The Hall–Kier alpha value is -3.23. The van der Waals surface area contributed by atoms with Crippen molar-refractivity contribution in [1.82, 2.24) is 15.1 Å². The van der Waals surface area contributed by atoms with Crippen LogP contribution in [0.4, 0.5) is 5.82 Å². The zero-order valence-electron chi connectivity index (χ0n) is 19.3. The number of fused-ring (bicyclic) bond motifs is 1. The fourth-order valence-electron chi connectivity index (χ4n) is 3.77. The van der Waals surface area contributed by atoms with E-state index in [1.807, 2.05) is 45.0 Å². The summed E-state index contributed by atoms with van der Waals surface area (Å²) >= 11 is 0. The fraction of sp³-hybridized carbons (Fsp3) is 0.400. The van der Waals surface area contributed by atoms with Gasteiger partial charge in [-0.1, -0.05) is 45.0 Å². The molecule has 3 aromatic rings. The van der Waals surface area contributed by atoms with Gasteiger partial charge >= 0.3 is 0 Å². The van der Waals surface area contributed by atoms with E-state index < -0.39 is 11.7 Å². The summed E-state index contributed by atoms with van der Waals surface area (Å²) in [6.45, 7) is 10.7. The van der Waals surface area contributed by atoms with Gasteiger partial charge < -0.3 is 14.8 Å². The average molecular weight is 451 g/mol. The second kappa shape index (κ2) is 9.72. The molecule has 0 atom stereocenters. The van der Waals surface area contributed by atoms with Gasteiger partial charge in [0, 0.05) is 47.8 Å². The van der Waals surface area contributed by atoms with Gasteiger partial charge in [-0.2, -0.15) is 5.10 Å². The van der Waals surface area contributed by atoms with Crippen LogP contribution in [-0.4, -0.2) is 66.2 Å². The van der Waals surface area contributed by atoms with Crippen molar-refractivity contribution in [2.24, 2.45) is 0 Å². The number of aromatic nitrogens is 2. The summed E-state index contributed by atoms with van der Waals surface area (Å²) < 4.78 is 11.4. The Morgan fingerprint density at radius 2 is 1.85 bits per heavy atom. The van der Waals surface area contributed by atoms with Crippen LogP contribution in [0.3, 0.4) is 0 Å². The van der Waals surface area contributed by atoms with Gasteiger partial charge in [0.05, 0.1) is 13.2 Å². The number of H-pyrrole nitrogens is 1. The van der Waals surface area contributed by atoms with Crippen molar-refractivity contribution < 1.29 is 19.1 Å². The quantitative estimate of drug-likeness (QED) is 0.423. The SMILES string of the molecule is CC(C)(C)c1cc(NC(=O)C(=O)c2ccc(OCCN3CCOCC3)c3ccccc23)n[nH]1. The van der Waals surface area contributed by atoms with E-state index in [-0.39, 0.29) is 5.41 Å². The van der Waals surface area contributed by atoms with Crippen molar-refractivity contribution in [3.63, 3.8) is 0 Å². The minimum absolute atomic E-state index is 0.145. The molecule has 1 aliphatic rings. The van der Waals surface area contributed by atoms with Gasteiger partial charge in [0.25, 0.3) is 11.7 Å². The largest absolute Gasteiger partial charge is 0.492 e. The van der Waals surface area contributed by atoms with Crippen molar-refractivity contribution in [3.05, 3.63) is 53.7 Å². The van der Waals surface area contributed by atoms with Crippen molar-refractivity contribution >= 4 is 28.3 Å². The Labute approximate surface area is 193 Å². The molecule has 0 saturated carbocycles. The highest BCUT2D eigenvalue weighted by Gasteiger charge is 2.23. The Balaban J connectivity index is 1.48. The Morgan fingerprint density at radius 3 is 2.55 bits per heavy atom. The molecular weight excluding hydrogens is 420 g/mol. The number of carbonyl (C=O) groups is 2. The number of rotatable bonds is 7. The number of hydrogen-bond acceptors (Lipinski definition) is 6. The van der Waals surface area contributed by atoms with Crippen LogP contribution in [0.15, 0.2) is 42.5 Å². The molecule has 0 aliphatic carbocycles. The first-order valence-corrected chi connectivity index (χ1v) is 11.2. The normalized spacial score (nSPS) is 14.9. The molecule has 0 radical (unpaired) electrons. The summed E-state index contributed by atoms with van der Waals surface area (Å²) in [5.41, 5.74) is 1.05. The van der Waals surface area contributed by atoms with Crippen LogP contribution in [0.5, 0.6) is 5.75 Å². The maximum Gasteiger partial charge on any atom is 0.297 e. The van der Waals surface area contributed by atoms with Crippen molar-refractivity contribution in [3.8, 4) is 5.75 Å². The third-order valence-electron chi connectivity index (χ3n) is 5.73. The lowest BCUT2D eigenvalue weighted by molar-refractivity contribution is -0.112. The van der Waals surface area contributed by atoms with Crippen LogP contribution >= 0.6 is 0 Å². The van der Waals surface area contributed by atoms with Gasteiger partial charge in [0.2, 0.25) is 0 Å². The number of ketones is 1. The molecule has 33 heavy (non-hydrogen) atoms. The van der Waals surface area contributed by atoms with Crippen LogP contribution in [0.2, 0.25) is 0 Å². The molecule has 0 unspecified atom stereocenters. The molecule has 2 heterocycles. The molecule has 1 saturated heterocycles. The predicted octanol–water partition coefficient (Wildman–Crippen LogP) is 3.39. The number of Topliss-reactive ketones (excluding diaryl/α,β-unsaturated/α-hetero) is 1. The van der Waals surface area contributed by atoms with Crippen molar-refractivity contribution in [2.45, 2.75) is 26.2 Å². The predicted molar refractivity (Wildman–Crippen MR) is 127 cm³/mol. The highest BCUT2D eigenvalue weighted by atomic mass is 16.5. The van der Waals surface area contributed by atoms with Crippen LogP contribution in [0.25, 0.3) is 10.8 Å². The number of benzene rings is 2. The molecule has 2 aromatic carbocycles. The first-order chi connectivity index (χ1) is 15.8. The molecule has 2 N–H and O–H groups in total. The molecule has 1 fully saturated rings. The summed E-state index contributed by atoms with van der Waals surface area (Å²) in [5, 5.41) is 11.1. The third kappa shape index (κ3) is 5.40. The molecule has 4 rings (SSSR count). The molecule has 8 nitrogen and oxygen atoms in total. The van der Waals surface area contributed by atoms with Gasteiger partial charge in [-0.3, -0.25) is 19.6 Å². The number of nitrogens with one attached hydrogen (secondary N) is 2. The molecule has 1 amide bonds. The van der Waals surface area contributed by atoms with Crippen LogP contribution in [0.1, 0.15) is 36.8 Å². The Morgan fingerprint density at radius 1 is 1.12 bits per heavy atom. The zero-order valence-corrected chi connectivity index (χ0v) is 19.3. The van der Waals surface area contributed by atoms with E-state index in [0.717, 1.165) is 43.9 Å². The number of amides is 1. The molecule has 174 valence electrons. The molecule has 0 spiro atoms. The first-order valence-electron chi connectivity index (χ1n) is 11.2. The summed E-state index contributed by atoms with van der Waals surface area (Å²) in [6, 6.07) is 12.6. The Kier molecular flexibility index (Phi) is 6.76. The van der Waals surface area contributed by atoms with Crippen LogP contribution < -0.4 is 10.1 Å². The minimum atomic E-state index is -0.729. The van der Waals surface area contributed by atoms with Gasteiger partial charge in [-0.15, -0.1) is 0 Å². The number of morpholine rings is 1. The monoisotopic (exact) mass is 450 g/mol. The van der Waals surface area contributed by atoms with Gasteiger partial charge in [0.15, 0.2) is 5.82 Å². The van der Waals surface area contributed by atoms with Gasteiger partial charge in [0.1, 0.15) is 12.4 Å². The second-order valence-corrected chi connectivity index (χ2v) is 9.16. The van der Waals surface area contributed by atoms with Crippen LogP contribution in [-0.2, 0) is 14.9 Å². The average Bonchev–Trinajstić information content (AvgIpc) is 3.28. The van der Waals surface area contributed by atoms with E-state index >= 15 is 0 Å². The minimum Gasteiger partial charge on any atom is -0.492 e. The first kappa shape index (κ1) is 22.9. The molecule has 0 bridgehead atoms. The van der Waals surface area contributed by atoms with E-state index in [4.69, 9.17) is 9.47 Å². The van der Waals surface area contributed by atoms with Crippen LogP contribution in [0, 0.1) is 0 Å². The Bertz CT molecular complexity index is 1140. The number of anilines is 1. The number of nitrogens with zero attached hydrogens (tertiary/aromatic N) is 2. The standard InChI is InChI=1S/C25H30N4O4/c1-25(2,3)21-16-22(28-27-21)26-24(31)23(30)19-8-9-20(18-7-5-4-6-17(18)19)33-15-12-29-10-13-32-14-11-29/h4-9,16H,10-15H2,1-3H3,(H2,26,27,28,31). The van der Waals surface area contributed by atoms with E-state index in [1.165, 1.54) is 0 Å². The maximum absolute atomic E-state index is 13.0. The topological polar surface area (TPSA) is 96.6 Å². The highest BCUT2D eigenvalue weighted by molar-refractivity contribution is 6.48. The fourth-order valence-corrected chi connectivity index (χ4v) is 3.77. The maximum atomic E-state index is 13.0.